The third-order valence-corrected chi connectivity index (χ3v) is 2.09. The van der Waals surface area contributed by atoms with Crippen LogP contribution in [-0.2, 0) is 11.2 Å². The van der Waals surface area contributed by atoms with Crippen LogP contribution in [0.4, 0.5) is 0 Å². The van der Waals surface area contributed by atoms with Crippen LogP contribution in [0.2, 0.25) is 0 Å². The van der Waals surface area contributed by atoms with Gasteiger partial charge in [-0.15, -0.1) is 0 Å². The largest absolute Gasteiger partial charge is 0.480 e. The number of aliphatic carboxylic acids is 1. The van der Waals surface area contributed by atoms with Crippen LogP contribution in [0.15, 0.2) is 12.1 Å². The summed E-state index contributed by atoms with van der Waals surface area (Å²) in [4.78, 5) is 14.8. The predicted octanol–water partition coefficient (Wildman–Crippen LogP) is 0.653. The number of rotatable bonds is 3. The van der Waals surface area contributed by atoms with Crippen LogP contribution < -0.4 is 5.73 Å². The van der Waals surface area contributed by atoms with Gasteiger partial charge in [-0.1, -0.05) is 6.07 Å². The highest BCUT2D eigenvalue weighted by atomic mass is 16.4. The van der Waals surface area contributed by atoms with E-state index in [1.54, 1.807) is 0 Å². The molecule has 0 bridgehead atoms. The van der Waals surface area contributed by atoms with Gasteiger partial charge in [0, 0.05) is 17.8 Å². The number of carbonyl (C=O) groups is 1. The second-order valence-corrected chi connectivity index (χ2v) is 3.35. The molecule has 0 saturated heterocycles. The lowest BCUT2D eigenvalue weighted by Crippen LogP contribution is -2.32. The summed E-state index contributed by atoms with van der Waals surface area (Å²) in [6.45, 7) is 3.75. The maximum absolute atomic E-state index is 10.5. The highest BCUT2D eigenvalue weighted by Crippen LogP contribution is 2.08. The summed E-state index contributed by atoms with van der Waals surface area (Å²) >= 11 is 0. The predicted molar refractivity (Wildman–Crippen MR) is 53.0 cm³/mol. The van der Waals surface area contributed by atoms with E-state index in [0.717, 1.165) is 17.0 Å². The van der Waals surface area contributed by atoms with Crippen LogP contribution in [-0.4, -0.2) is 22.1 Å². The molecule has 0 saturated carbocycles. The molecule has 1 heterocycles. The lowest BCUT2D eigenvalue weighted by molar-refractivity contribution is -0.138. The molecule has 1 rings (SSSR count). The molecule has 0 aliphatic rings. The Morgan fingerprint density at radius 2 is 2.21 bits per heavy atom. The third kappa shape index (κ3) is 2.53. The SMILES string of the molecule is Cc1ccc(CC(N)C(=O)O)c(C)n1. The quantitative estimate of drug-likeness (QED) is 0.740. The summed E-state index contributed by atoms with van der Waals surface area (Å²) in [6, 6.07) is 2.88. The normalized spacial score (nSPS) is 12.5. The van der Waals surface area contributed by atoms with Crippen molar-refractivity contribution in [2.75, 3.05) is 0 Å². The summed E-state index contributed by atoms with van der Waals surface area (Å²) in [7, 11) is 0. The molecule has 0 aliphatic carbocycles. The van der Waals surface area contributed by atoms with Crippen molar-refractivity contribution in [3.05, 3.63) is 29.1 Å². The van der Waals surface area contributed by atoms with E-state index in [1.807, 2.05) is 26.0 Å². The van der Waals surface area contributed by atoms with E-state index in [2.05, 4.69) is 4.98 Å². The minimum absolute atomic E-state index is 0.328. The monoisotopic (exact) mass is 194 g/mol. The average Bonchev–Trinajstić information content (AvgIpc) is 2.09. The van der Waals surface area contributed by atoms with Gasteiger partial charge in [0.05, 0.1) is 0 Å². The van der Waals surface area contributed by atoms with Crippen molar-refractivity contribution < 1.29 is 9.90 Å². The standard InChI is InChI=1S/C10H14N2O2/c1-6-3-4-8(7(2)12-6)5-9(11)10(13)14/h3-4,9H,5,11H2,1-2H3,(H,13,14). The number of carboxylic acid groups (broad SMARTS) is 1. The number of nitrogens with zero attached hydrogens (tertiary/aromatic N) is 1. The van der Waals surface area contributed by atoms with E-state index >= 15 is 0 Å². The van der Waals surface area contributed by atoms with E-state index in [9.17, 15) is 4.79 Å². The molecule has 4 heteroatoms. The number of nitrogens with two attached hydrogens (primary N) is 1. The maximum Gasteiger partial charge on any atom is 0.320 e. The van der Waals surface area contributed by atoms with Gasteiger partial charge in [-0.05, 0) is 25.5 Å². The number of aryl methyl sites for hydroxylation is 2. The van der Waals surface area contributed by atoms with Gasteiger partial charge in [-0.25, -0.2) is 0 Å². The summed E-state index contributed by atoms with van der Waals surface area (Å²) < 4.78 is 0. The molecular formula is C10H14N2O2. The van der Waals surface area contributed by atoms with Gasteiger partial charge in [0.2, 0.25) is 0 Å². The zero-order valence-corrected chi connectivity index (χ0v) is 8.32. The molecule has 76 valence electrons. The van der Waals surface area contributed by atoms with E-state index in [0.29, 0.717) is 6.42 Å². The zero-order valence-electron chi connectivity index (χ0n) is 8.32. The molecule has 0 aliphatic heterocycles. The summed E-state index contributed by atoms with van der Waals surface area (Å²) in [5.74, 6) is -0.982. The van der Waals surface area contributed by atoms with E-state index in [4.69, 9.17) is 10.8 Å². The molecule has 1 atom stereocenters. The first-order chi connectivity index (χ1) is 6.50. The molecule has 3 N–H and O–H groups in total. The van der Waals surface area contributed by atoms with Crippen LogP contribution in [0.25, 0.3) is 0 Å². The molecule has 0 aromatic carbocycles. The van der Waals surface area contributed by atoms with Crippen molar-refractivity contribution in [3.8, 4) is 0 Å². The molecule has 1 aromatic rings. The second-order valence-electron chi connectivity index (χ2n) is 3.35. The van der Waals surface area contributed by atoms with E-state index in [-0.39, 0.29) is 0 Å². The fraction of sp³-hybridized carbons (Fsp3) is 0.400. The molecule has 1 aromatic heterocycles. The number of hydrogen-bond acceptors (Lipinski definition) is 3. The minimum atomic E-state index is -0.982. The van der Waals surface area contributed by atoms with Crippen molar-refractivity contribution >= 4 is 5.97 Å². The molecule has 0 radical (unpaired) electrons. The third-order valence-electron chi connectivity index (χ3n) is 2.09. The lowest BCUT2D eigenvalue weighted by atomic mass is 10.1. The molecule has 4 nitrogen and oxygen atoms in total. The van der Waals surface area contributed by atoms with Gasteiger partial charge in [-0.2, -0.15) is 0 Å². The summed E-state index contributed by atoms with van der Waals surface area (Å²) in [5, 5.41) is 8.64. The highest BCUT2D eigenvalue weighted by molar-refractivity contribution is 5.73. The molecule has 0 amide bonds. The Kier molecular flexibility index (Phi) is 3.19. The molecular weight excluding hydrogens is 180 g/mol. The average molecular weight is 194 g/mol. The highest BCUT2D eigenvalue weighted by Gasteiger charge is 2.13. The van der Waals surface area contributed by atoms with Gasteiger partial charge in [0.1, 0.15) is 6.04 Å². The van der Waals surface area contributed by atoms with Gasteiger partial charge < -0.3 is 10.8 Å². The smallest absolute Gasteiger partial charge is 0.320 e. The van der Waals surface area contributed by atoms with Crippen LogP contribution >= 0.6 is 0 Å². The minimum Gasteiger partial charge on any atom is -0.480 e. The van der Waals surface area contributed by atoms with Gasteiger partial charge in [0.25, 0.3) is 0 Å². The Morgan fingerprint density at radius 3 is 2.71 bits per heavy atom. The van der Waals surface area contributed by atoms with E-state index in [1.165, 1.54) is 0 Å². The molecule has 1 unspecified atom stereocenters. The number of aromatic nitrogens is 1. The van der Waals surface area contributed by atoms with Crippen LogP contribution in [0.1, 0.15) is 17.0 Å². The van der Waals surface area contributed by atoms with Crippen LogP contribution in [0.3, 0.4) is 0 Å². The summed E-state index contributed by atoms with van der Waals surface area (Å²) in [6.07, 6.45) is 0.328. The Balaban J connectivity index is 2.82. The topological polar surface area (TPSA) is 76.2 Å². The maximum atomic E-state index is 10.5. The first-order valence-corrected chi connectivity index (χ1v) is 4.42. The Labute approximate surface area is 82.8 Å². The Morgan fingerprint density at radius 1 is 1.57 bits per heavy atom. The Hall–Kier alpha value is -1.42. The van der Waals surface area contributed by atoms with Gasteiger partial charge in [0.15, 0.2) is 0 Å². The molecule has 14 heavy (non-hydrogen) atoms. The van der Waals surface area contributed by atoms with Crippen molar-refractivity contribution in [1.29, 1.82) is 0 Å². The first kappa shape index (κ1) is 10.7. The van der Waals surface area contributed by atoms with Gasteiger partial charge in [-0.3, -0.25) is 9.78 Å². The number of carboxylic acids is 1. The van der Waals surface area contributed by atoms with Crippen molar-refractivity contribution in [3.63, 3.8) is 0 Å². The first-order valence-electron chi connectivity index (χ1n) is 4.42. The van der Waals surface area contributed by atoms with E-state index < -0.39 is 12.0 Å². The summed E-state index contributed by atoms with van der Waals surface area (Å²) in [5.41, 5.74) is 8.10. The van der Waals surface area contributed by atoms with Crippen LogP contribution in [0, 0.1) is 13.8 Å². The molecule has 0 spiro atoms. The lowest BCUT2D eigenvalue weighted by Gasteiger charge is -2.08. The number of pyridine rings is 1. The van der Waals surface area contributed by atoms with Crippen molar-refractivity contribution in [2.45, 2.75) is 26.3 Å². The Bertz CT molecular complexity index is 350. The van der Waals surface area contributed by atoms with Crippen molar-refractivity contribution in [1.82, 2.24) is 4.98 Å². The molecule has 0 fully saturated rings. The van der Waals surface area contributed by atoms with Crippen molar-refractivity contribution in [2.24, 2.45) is 5.73 Å². The fourth-order valence-corrected chi connectivity index (χ4v) is 1.26. The fourth-order valence-electron chi connectivity index (χ4n) is 1.26. The second kappa shape index (κ2) is 4.19. The number of hydrogen-bond donors (Lipinski definition) is 2. The van der Waals surface area contributed by atoms with Gasteiger partial charge >= 0.3 is 5.97 Å². The zero-order chi connectivity index (χ0) is 10.7. The van der Waals surface area contributed by atoms with Crippen LogP contribution in [0.5, 0.6) is 0 Å².